The highest BCUT2D eigenvalue weighted by Crippen LogP contribution is 2.33. The molecule has 2 aromatic carbocycles. The first-order valence-electron chi connectivity index (χ1n) is 7.92. The molecule has 4 rings (SSSR count). The summed E-state index contributed by atoms with van der Waals surface area (Å²) in [4.78, 5) is 14.0. The van der Waals surface area contributed by atoms with Crippen molar-refractivity contribution >= 4 is 11.9 Å². The maximum absolute atomic E-state index is 12.9. The molecular weight excluding hydrogens is 284 g/mol. The second-order valence-electron chi connectivity index (χ2n) is 6.19. The number of quaternary nitrogens is 1. The van der Waals surface area contributed by atoms with E-state index in [1.807, 2.05) is 42.5 Å². The van der Waals surface area contributed by atoms with E-state index in [0.29, 0.717) is 6.42 Å². The van der Waals surface area contributed by atoms with E-state index in [1.165, 1.54) is 5.56 Å². The largest absolute Gasteiger partial charge is 0.292 e. The maximum Gasteiger partial charge on any atom is 0.220 e. The van der Waals surface area contributed by atoms with Crippen LogP contribution in [0.3, 0.4) is 0 Å². The van der Waals surface area contributed by atoms with E-state index in [0.717, 1.165) is 16.0 Å². The van der Waals surface area contributed by atoms with Gasteiger partial charge in [-0.05, 0) is 11.6 Å². The van der Waals surface area contributed by atoms with Crippen molar-refractivity contribution in [1.29, 1.82) is 5.26 Å². The molecule has 4 atom stereocenters. The molecule has 2 heterocycles. The van der Waals surface area contributed by atoms with Crippen molar-refractivity contribution in [3.05, 3.63) is 77.5 Å². The van der Waals surface area contributed by atoms with Gasteiger partial charge in [0.15, 0.2) is 6.04 Å². The molecule has 1 unspecified atom stereocenters. The first-order chi connectivity index (χ1) is 11.3. The third-order valence-electron chi connectivity index (χ3n) is 4.98. The summed E-state index contributed by atoms with van der Waals surface area (Å²) >= 11 is 0. The first-order valence-corrected chi connectivity index (χ1v) is 7.92. The van der Waals surface area contributed by atoms with E-state index < -0.39 is 0 Å². The number of hydrogen-bond donors (Lipinski definition) is 1. The van der Waals surface area contributed by atoms with Crippen LogP contribution >= 0.6 is 0 Å². The number of ketones is 1. The zero-order valence-corrected chi connectivity index (χ0v) is 12.6. The summed E-state index contributed by atoms with van der Waals surface area (Å²) < 4.78 is 0. The van der Waals surface area contributed by atoms with Crippen molar-refractivity contribution in [2.45, 2.75) is 18.5 Å². The van der Waals surface area contributed by atoms with E-state index >= 15 is 0 Å². The lowest BCUT2D eigenvalue weighted by Crippen LogP contribution is -3.11. The fourth-order valence-electron chi connectivity index (χ4n) is 3.91. The van der Waals surface area contributed by atoms with Gasteiger partial charge in [-0.15, -0.1) is 0 Å². The summed E-state index contributed by atoms with van der Waals surface area (Å²) in [5.74, 6) is 0.00106. The number of benzene rings is 2. The Labute approximate surface area is 135 Å². The van der Waals surface area contributed by atoms with Gasteiger partial charge in [0.25, 0.3) is 0 Å². The minimum Gasteiger partial charge on any atom is -0.292 e. The Morgan fingerprint density at radius 2 is 1.83 bits per heavy atom. The zero-order valence-electron chi connectivity index (χ0n) is 12.6. The topological polar surface area (TPSA) is 45.3 Å². The SMILES string of the molecule is N#C[C@H]1C[C@@H](C(=O)c2ccccc2)[NH+]2C=Cc3ccccc3[C@H]12. The van der Waals surface area contributed by atoms with Gasteiger partial charge >= 0.3 is 0 Å². The molecule has 0 radical (unpaired) electrons. The molecule has 0 amide bonds. The van der Waals surface area contributed by atoms with Gasteiger partial charge in [-0.3, -0.25) is 9.69 Å². The van der Waals surface area contributed by atoms with Gasteiger partial charge in [0.1, 0.15) is 12.0 Å². The van der Waals surface area contributed by atoms with Gasteiger partial charge in [-0.25, -0.2) is 0 Å². The molecule has 0 aliphatic carbocycles. The quantitative estimate of drug-likeness (QED) is 0.866. The molecule has 2 aliphatic rings. The molecule has 3 nitrogen and oxygen atoms in total. The van der Waals surface area contributed by atoms with Crippen molar-refractivity contribution in [3.8, 4) is 6.07 Å². The van der Waals surface area contributed by atoms with Gasteiger partial charge in [0, 0.05) is 17.5 Å². The number of hydrogen-bond acceptors (Lipinski definition) is 2. The van der Waals surface area contributed by atoms with Crippen molar-refractivity contribution in [3.63, 3.8) is 0 Å². The standard InChI is InChI=1S/C20H16N2O/c21-13-16-12-18(20(23)15-7-2-1-3-8-15)22-11-10-14-6-4-5-9-17(14)19(16)22/h1-11,16,18-19H,12H2/p+1/t16-,18+,19+/m1/s1. The van der Waals surface area contributed by atoms with Crippen LogP contribution in [0.4, 0.5) is 0 Å². The summed E-state index contributed by atoms with van der Waals surface area (Å²) in [6, 6.07) is 19.9. The predicted molar refractivity (Wildman–Crippen MR) is 87.5 cm³/mol. The Balaban J connectivity index is 1.74. The third kappa shape index (κ3) is 2.19. The minimum atomic E-state index is -0.184. The number of nitrogens with zero attached hydrogens (tertiary/aromatic N) is 1. The van der Waals surface area contributed by atoms with Crippen LogP contribution in [0.15, 0.2) is 60.8 Å². The fraction of sp³-hybridized carbons (Fsp3) is 0.200. The Morgan fingerprint density at radius 3 is 2.61 bits per heavy atom. The highest BCUT2D eigenvalue weighted by atomic mass is 16.1. The van der Waals surface area contributed by atoms with E-state index in [9.17, 15) is 10.1 Å². The molecular formula is C20H17N2O+. The number of carbonyl (C=O) groups is 1. The molecule has 0 bridgehead atoms. The fourth-order valence-corrected chi connectivity index (χ4v) is 3.91. The summed E-state index contributed by atoms with van der Waals surface area (Å²) in [6.07, 6.45) is 4.75. The minimum absolute atomic E-state index is 0.0545. The van der Waals surface area contributed by atoms with Gasteiger partial charge in [0.05, 0.1) is 12.3 Å². The third-order valence-corrected chi connectivity index (χ3v) is 4.98. The highest BCUT2D eigenvalue weighted by Gasteiger charge is 2.50. The normalized spacial score (nSPS) is 27.8. The lowest BCUT2D eigenvalue weighted by Gasteiger charge is -2.27. The van der Waals surface area contributed by atoms with E-state index in [4.69, 9.17) is 0 Å². The highest BCUT2D eigenvalue weighted by molar-refractivity contribution is 5.99. The second-order valence-corrected chi connectivity index (χ2v) is 6.19. The number of fused-ring (bicyclic) bond motifs is 3. The van der Waals surface area contributed by atoms with Crippen LogP contribution in [0.1, 0.15) is 33.9 Å². The Bertz CT molecular complexity index is 819. The average Bonchev–Trinajstić information content (AvgIpc) is 3.01. The second kappa shape index (κ2) is 5.49. The first kappa shape index (κ1) is 13.9. The molecule has 2 aromatic rings. The van der Waals surface area contributed by atoms with Crippen LogP contribution in [0.5, 0.6) is 0 Å². The van der Waals surface area contributed by atoms with Crippen LogP contribution in [-0.2, 0) is 0 Å². The van der Waals surface area contributed by atoms with Crippen LogP contribution in [0.25, 0.3) is 6.08 Å². The summed E-state index contributed by atoms with van der Waals surface area (Å²) in [5.41, 5.74) is 3.07. The molecule has 1 N–H and O–H groups in total. The summed E-state index contributed by atoms with van der Waals surface area (Å²) in [6.45, 7) is 0. The van der Waals surface area contributed by atoms with Crippen LogP contribution in [0, 0.1) is 17.2 Å². The average molecular weight is 301 g/mol. The summed E-state index contributed by atoms with van der Waals surface area (Å²) in [5, 5.41) is 9.60. The van der Waals surface area contributed by atoms with E-state index in [2.05, 4.69) is 30.5 Å². The number of rotatable bonds is 2. The van der Waals surface area contributed by atoms with Crippen molar-refractivity contribution < 1.29 is 9.69 Å². The molecule has 0 aromatic heterocycles. The monoisotopic (exact) mass is 301 g/mol. The predicted octanol–water partition coefficient (Wildman–Crippen LogP) is 2.39. The van der Waals surface area contributed by atoms with E-state index in [-0.39, 0.29) is 23.8 Å². The Hall–Kier alpha value is -2.70. The molecule has 23 heavy (non-hydrogen) atoms. The van der Waals surface area contributed by atoms with Crippen molar-refractivity contribution in [1.82, 2.24) is 0 Å². The molecule has 112 valence electrons. The molecule has 0 saturated carbocycles. The van der Waals surface area contributed by atoms with Gasteiger partial charge < -0.3 is 0 Å². The van der Waals surface area contributed by atoms with E-state index in [1.54, 1.807) is 0 Å². The number of Topliss-reactive ketones (excluding diaryl/α,β-unsaturated/α-hetero) is 1. The summed E-state index contributed by atoms with van der Waals surface area (Å²) in [7, 11) is 0. The Morgan fingerprint density at radius 1 is 1.09 bits per heavy atom. The zero-order chi connectivity index (χ0) is 15.8. The van der Waals surface area contributed by atoms with Gasteiger partial charge in [-0.1, -0.05) is 54.6 Å². The number of carbonyl (C=O) groups excluding carboxylic acids is 1. The van der Waals surface area contributed by atoms with Gasteiger partial charge in [-0.2, -0.15) is 5.26 Å². The Kier molecular flexibility index (Phi) is 3.33. The molecule has 1 saturated heterocycles. The smallest absolute Gasteiger partial charge is 0.220 e. The van der Waals surface area contributed by atoms with Crippen LogP contribution in [-0.4, -0.2) is 11.8 Å². The maximum atomic E-state index is 12.9. The van der Waals surface area contributed by atoms with Crippen LogP contribution in [0.2, 0.25) is 0 Å². The lowest BCUT2D eigenvalue weighted by molar-refractivity contribution is -0.883. The lowest BCUT2D eigenvalue weighted by atomic mass is 9.89. The molecule has 0 spiro atoms. The van der Waals surface area contributed by atoms with Crippen molar-refractivity contribution in [2.75, 3.05) is 0 Å². The molecule has 2 aliphatic heterocycles. The van der Waals surface area contributed by atoms with Gasteiger partial charge in [0.2, 0.25) is 5.78 Å². The van der Waals surface area contributed by atoms with Crippen LogP contribution < -0.4 is 4.90 Å². The molecule has 3 heteroatoms. The number of nitrogens with one attached hydrogen (secondary N) is 1. The van der Waals surface area contributed by atoms with Crippen molar-refractivity contribution in [2.24, 2.45) is 5.92 Å². The number of nitriles is 1. The molecule has 1 fully saturated rings.